The van der Waals surface area contributed by atoms with Crippen molar-refractivity contribution >= 4 is 29.6 Å². The molecule has 2 atom stereocenters. The number of amides is 4. The summed E-state index contributed by atoms with van der Waals surface area (Å²) in [6.07, 6.45) is -0.255. The van der Waals surface area contributed by atoms with E-state index in [4.69, 9.17) is 16.6 Å². The lowest BCUT2D eigenvalue weighted by atomic mass is 10.1. The van der Waals surface area contributed by atoms with Crippen LogP contribution in [0.1, 0.15) is 12.0 Å². The number of hydrogen-bond acceptors (Lipinski definition) is 6. The van der Waals surface area contributed by atoms with Crippen LogP contribution in [-0.2, 0) is 30.4 Å². The summed E-state index contributed by atoms with van der Waals surface area (Å²) >= 11 is 0. The smallest absolute Gasteiger partial charge is 0.322 e. The van der Waals surface area contributed by atoms with Gasteiger partial charge >= 0.3 is 5.97 Å². The van der Waals surface area contributed by atoms with Gasteiger partial charge < -0.3 is 32.5 Å². The van der Waals surface area contributed by atoms with Gasteiger partial charge in [0.2, 0.25) is 23.6 Å². The number of hydrogen-bond donors (Lipinski definition) is 6. The molecule has 4 amide bonds. The molecule has 1 rings (SSSR count). The molecular weight excluding hydrogens is 370 g/mol. The van der Waals surface area contributed by atoms with Crippen LogP contribution in [0, 0.1) is 0 Å². The number of primary amides is 1. The van der Waals surface area contributed by atoms with Crippen molar-refractivity contribution < 1.29 is 29.1 Å². The number of carboxylic acid groups (broad SMARTS) is 1. The minimum absolute atomic E-state index is 0.274. The topological polar surface area (TPSA) is 194 Å². The van der Waals surface area contributed by atoms with Crippen LogP contribution in [0.4, 0.5) is 0 Å². The van der Waals surface area contributed by atoms with Crippen LogP contribution in [0.5, 0.6) is 0 Å². The second-order valence-corrected chi connectivity index (χ2v) is 5.92. The normalized spacial score (nSPS) is 12.3. The van der Waals surface area contributed by atoms with Gasteiger partial charge in [-0.25, -0.2) is 0 Å². The first kappa shape index (κ1) is 22.6. The molecule has 0 spiro atoms. The molecule has 11 heteroatoms. The maximum Gasteiger partial charge on any atom is 0.322 e. The van der Waals surface area contributed by atoms with E-state index in [9.17, 15) is 24.0 Å². The van der Waals surface area contributed by atoms with E-state index in [0.29, 0.717) is 0 Å². The van der Waals surface area contributed by atoms with E-state index in [1.165, 1.54) is 0 Å². The highest BCUT2D eigenvalue weighted by Gasteiger charge is 2.24. The van der Waals surface area contributed by atoms with E-state index in [2.05, 4.69) is 10.6 Å². The van der Waals surface area contributed by atoms with Crippen LogP contribution in [0.25, 0.3) is 0 Å². The summed E-state index contributed by atoms with van der Waals surface area (Å²) < 4.78 is 0. The van der Waals surface area contributed by atoms with Crippen LogP contribution in [0.3, 0.4) is 0 Å². The Balaban J connectivity index is 2.51. The van der Waals surface area contributed by atoms with Crippen molar-refractivity contribution in [1.29, 1.82) is 0 Å². The van der Waals surface area contributed by atoms with Crippen molar-refractivity contribution in [3.8, 4) is 0 Å². The van der Waals surface area contributed by atoms with Gasteiger partial charge in [0.25, 0.3) is 0 Å². The van der Waals surface area contributed by atoms with Crippen LogP contribution >= 0.6 is 0 Å². The van der Waals surface area contributed by atoms with E-state index in [1.54, 1.807) is 0 Å². The molecule has 8 N–H and O–H groups in total. The summed E-state index contributed by atoms with van der Waals surface area (Å²) in [6, 6.07) is 6.82. The van der Waals surface area contributed by atoms with Crippen molar-refractivity contribution in [2.45, 2.75) is 24.9 Å². The third kappa shape index (κ3) is 8.76. The Morgan fingerprint density at radius 3 is 2.14 bits per heavy atom. The largest absolute Gasteiger partial charge is 0.480 e. The fourth-order valence-corrected chi connectivity index (χ4v) is 2.20. The molecule has 1 aromatic rings. The van der Waals surface area contributed by atoms with Gasteiger partial charge in [0, 0.05) is 0 Å². The number of rotatable bonds is 11. The predicted octanol–water partition coefficient (Wildman–Crippen LogP) is -2.77. The first-order valence-electron chi connectivity index (χ1n) is 8.33. The summed E-state index contributed by atoms with van der Waals surface area (Å²) in [6.45, 7) is -1.17. The fraction of sp³-hybridized carbons (Fsp3) is 0.353. The van der Waals surface area contributed by atoms with Crippen molar-refractivity contribution in [2.24, 2.45) is 11.5 Å². The zero-order valence-electron chi connectivity index (χ0n) is 15.0. The molecule has 0 bridgehead atoms. The summed E-state index contributed by atoms with van der Waals surface area (Å²) in [4.78, 5) is 57.3. The number of carboxylic acids is 1. The van der Waals surface area contributed by atoms with E-state index in [0.717, 1.165) is 5.56 Å². The maximum absolute atomic E-state index is 12.0. The quantitative estimate of drug-likeness (QED) is 0.234. The SMILES string of the molecule is NC(=O)CC(NC(=O)CNC(=O)C(N)Cc1ccccc1)C(=O)NCC(=O)O. The summed E-state index contributed by atoms with van der Waals surface area (Å²) in [5.41, 5.74) is 11.7. The Morgan fingerprint density at radius 1 is 0.964 bits per heavy atom. The predicted molar refractivity (Wildman–Crippen MR) is 97.5 cm³/mol. The van der Waals surface area contributed by atoms with Crippen molar-refractivity contribution in [2.75, 3.05) is 13.1 Å². The van der Waals surface area contributed by atoms with E-state index >= 15 is 0 Å². The van der Waals surface area contributed by atoms with Gasteiger partial charge in [0.1, 0.15) is 12.6 Å². The molecule has 0 aliphatic heterocycles. The van der Waals surface area contributed by atoms with Crippen LogP contribution in [-0.4, -0.2) is 59.9 Å². The van der Waals surface area contributed by atoms with E-state index in [1.807, 2.05) is 35.6 Å². The van der Waals surface area contributed by atoms with Gasteiger partial charge in [-0.2, -0.15) is 0 Å². The van der Waals surface area contributed by atoms with Crippen molar-refractivity contribution in [3.63, 3.8) is 0 Å². The fourth-order valence-electron chi connectivity index (χ4n) is 2.20. The van der Waals surface area contributed by atoms with Crippen LogP contribution in [0.15, 0.2) is 30.3 Å². The highest BCUT2D eigenvalue weighted by atomic mass is 16.4. The lowest BCUT2D eigenvalue weighted by Gasteiger charge is -2.17. The Kier molecular flexibility index (Phi) is 9.10. The summed E-state index contributed by atoms with van der Waals surface area (Å²) in [5.74, 6) is -4.39. The molecule has 0 fully saturated rings. The lowest BCUT2D eigenvalue weighted by Crippen LogP contribution is -2.52. The molecule has 0 saturated heterocycles. The van der Waals surface area contributed by atoms with Gasteiger partial charge in [-0.05, 0) is 12.0 Å². The molecule has 1 aromatic carbocycles. The number of benzene rings is 1. The van der Waals surface area contributed by atoms with Gasteiger partial charge in [-0.3, -0.25) is 24.0 Å². The Hall–Kier alpha value is -3.47. The number of carbonyl (C=O) groups excluding carboxylic acids is 4. The second kappa shape index (κ2) is 11.3. The van der Waals surface area contributed by atoms with Gasteiger partial charge in [0.15, 0.2) is 0 Å². The van der Waals surface area contributed by atoms with Crippen LogP contribution < -0.4 is 27.4 Å². The molecule has 11 nitrogen and oxygen atoms in total. The highest BCUT2D eigenvalue weighted by molar-refractivity contribution is 5.94. The molecule has 2 unspecified atom stereocenters. The van der Waals surface area contributed by atoms with Crippen molar-refractivity contribution in [1.82, 2.24) is 16.0 Å². The number of nitrogens with two attached hydrogens (primary N) is 2. The van der Waals surface area contributed by atoms with Gasteiger partial charge in [0.05, 0.1) is 19.0 Å². The molecule has 0 aliphatic rings. The van der Waals surface area contributed by atoms with Gasteiger partial charge in [-0.15, -0.1) is 0 Å². The molecular formula is C17H23N5O6. The minimum Gasteiger partial charge on any atom is -0.480 e. The van der Waals surface area contributed by atoms with E-state index in [-0.39, 0.29) is 6.42 Å². The average Bonchev–Trinajstić information content (AvgIpc) is 2.63. The lowest BCUT2D eigenvalue weighted by molar-refractivity contribution is -0.138. The third-order valence-electron chi connectivity index (χ3n) is 3.53. The van der Waals surface area contributed by atoms with E-state index < -0.39 is 61.2 Å². The zero-order chi connectivity index (χ0) is 21.1. The number of nitrogens with one attached hydrogen (secondary N) is 3. The third-order valence-corrected chi connectivity index (χ3v) is 3.53. The van der Waals surface area contributed by atoms with Crippen molar-refractivity contribution in [3.05, 3.63) is 35.9 Å². The molecule has 152 valence electrons. The molecule has 0 radical (unpaired) electrons. The minimum atomic E-state index is -1.36. The number of carbonyl (C=O) groups is 5. The second-order valence-electron chi connectivity index (χ2n) is 5.92. The monoisotopic (exact) mass is 393 g/mol. The first-order valence-corrected chi connectivity index (χ1v) is 8.33. The Labute approximate surface area is 160 Å². The molecule has 0 aromatic heterocycles. The first-order chi connectivity index (χ1) is 13.2. The summed E-state index contributed by atoms with van der Waals surface area (Å²) in [7, 11) is 0. The number of aliphatic carboxylic acids is 1. The molecule has 28 heavy (non-hydrogen) atoms. The maximum atomic E-state index is 12.0. The zero-order valence-corrected chi connectivity index (χ0v) is 15.0. The Bertz CT molecular complexity index is 724. The molecule has 0 saturated carbocycles. The molecule has 0 aliphatic carbocycles. The molecule has 0 heterocycles. The summed E-state index contributed by atoms with van der Waals surface area (Å²) in [5, 5.41) is 15.1. The average molecular weight is 393 g/mol. The van der Waals surface area contributed by atoms with Gasteiger partial charge in [-0.1, -0.05) is 30.3 Å². The Morgan fingerprint density at radius 2 is 1.57 bits per heavy atom. The standard InChI is InChI=1S/C17H23N5O6/c18-11(6-10-4-2-1-3-5-10)16(27)20-8-14(24)22-12(7-13(19)23)17(28)21-9-15(25)26/h1-5,11-12H,6-9,18H2,(H2,19,23)(H,20,27)(H,21,28)(H,22,24)(H,25,26). The highest BCUT2D eigenvalue weighted by Crippen LogP contribution is 2.01. The van der Waals surface area contributed by atoms with Crippen LogP contribution in [0.2, 0.25) is 0 Å².